The van der Waals surface area contributed by atoms with Crippen LogP contribution in [0.3, 0.4) is 0 Å². The van der Waals surface area contributed by atoms with Crippen LogP contribution in [0, 0.1) is 23.2 Å². The van der Waals surface area contributed by atoms with E-state index in [-0.39, 0.29) is 29.0 Å². The summed E-state index contributed by atoms with van der Waals surface area (Å²) in [6.45, 7) is 5.64. The second-order valence-electron chi connectivity index (χ2n) is 5.40. The summed E-state index contributed by atoms with van der Waals surface area (Å²) in [5, 5.41) is 19.5. The number of hydrogen-bond acceptors (Lipinski definition) is 3. The summed E-state index contributed by atoms with van der Waals surface area (Å²) >= 11 is 0. The Morgan fingerprint density at radius 3 is 2.29 bits per heavy atom. The Morgan fingerprint density at radius 2 is 1.86 bits per heavy atom. The molecule has 0 heterocycles. The minimum Gasteiger partial charge on any atom is -0.390 e. The zero-order chi connectivity index (χ0) is 10.7. The van der Waals surface area contributed by atoms with Gasteiger partial charge in [0.2, 0.25) is 0 Å². The van der Waals surface area contributed by atoms with Crippen molar-refractivity contribution in [1.29, 1.82) is 0 Å². The normalized spacial score (nSPS) is 49.6. The van der Waals surface area contributed by atoms with E-state index in [0.717, 1.165) is 6.42 Å². The topological polar surface area (TPSA) is 57.5 Å². The predicted molar refractivity (Wildman–Crippen MR) is 51.6 cm³/mol. The zero-order valence-electron chi connectivity index (χ0n) is 8.90. The SMILES string of the molecule is CC(=O)C1[C@@H]2C[C@@H](C(O)C2O)C1(C)C. The molecule has 5 atom stereocenters. The molecule has 3 unspecified atom stereocenters. The van der Waals surface area contributed by atoms with Crippen molar-refractivity contribution in [2.45, 2.75) is 39.4 Å². The molecule has 0 aromatic carbocycles. The molecule has 0 aliphatic heterocycles. The number of carbonyl (C=O) groups is 1. The molecule has 14 heavy (non-hydrogen) atoms. The van der Waals surface area contributed by atoms with Gasteiger partial charge in [0.15, 0.2) is 0 Å². The van der Waals surface area contributed by atoms with Crippen molar-refractivity contribution < 1.29 is 15.0 Å². The molecule has 2 rings (SSSR count). The number of ketones is 1. The number of rotatable bonds is 1. The van der Waals surface area contributed by atoms with Crippen LogP contribution in [0.2, 0.25) is 0 Å². The third kappa shape index (κ3) is 1.03. The number of carbonyl (C=O) groups excluding carboxylic acids is 1. The molecule has 2 bridgehead atoms. The fourth-order valence-electron chi connectivity index (χ4n) is 3.75. The molecule has 0 aromatic heterocycles. The Labute approximate surface area is 84.1 Å². The van der Waals surface area contributed by atoms with E-state index >= 15 is 0 Å². The number of aliphatic hydroxyl groups is 2. The molecule has 2 fully saturated rings. The first kappa shape index (κ1) is 10.1. The number of hydrogen-bond donors (Lipinski definition) is 2. The molecule has 0 spiro atoms. The highest BCUT2D eigenvalue weighted by Crippen LogP contribution is 2.59. The highest BCUT2D eigenvalue weighted by atomic mass is 16.3. The Balaban J connectivity index is 2.35. The molecular formula is C11H18O3. The van der Waals surface area contributed by atoms with E-state index in [4.69, 9.17) is 0 Å². The number of aliphatic hydroxyl groups excluding tert-OH is 2. The minimum absolute atomic E-state index is 0.0255. The summed E-state index contributed by atoms with van der Waals surface area (Å²) < 4.78 is 0. The van der Waals surface area contributed by atoms with Crippen LogP contribution in [0.5, 0.6) is 0 Å². The van der Waals surface area contributed by atoms with Gasteiger partial charge >= 0.3 is 0 Å². The van der Waals surface area contributed by atoms with Crippen molar-refractivity contribution in [3.05, 3.63) is 0 Å². The largest absolute Gasteiger partial charge is 0.390 e. The van der Waals surface area contributed by atoms with Crippen molar-refractivity contribution in [2.24, 2.45) is 23.2 Å². The van der Waals surface area contributed by atoms with Crippen LogP contribution >= 0.6 is 0 Å². The summed E-state index contributed by atoms with van der Waals surface area (Å²) in [6.07, 6.45) is -0.535. The predicted octanol–water partition coefficient (Wildman–Crippen LogP) is 0.589. The lowest BCUT2D eigenvalue weighted by atomic mass is 9.65. The second-order valence-corrected chi connectivity index (χ2v) is 5.40. The van der Waals surface area contributed by atoms with Crippen LogP contribution < -0.4 is 0 Å². The maximum absolute atomic E-state index is 11.5. The van der Waals surface area contributed by atoms with Gasteiger partial charge in [0.05, 0.1) is 12.2 Å². The van der Waals surface area contributed by atoms with E-state index in [1.807, 2.05) is 13.8 Å². The van der Waals surface area contributed by atoms with Crippen molar-refractivity contribution in [1.82, 2.24) is 0 Å². The molecule has 2 aliphatic rings. The van der Waals surface area contributed by atoms with Gasteiger partial charge in [-0.05, 0) is 30.6 Å². The molecule has 0 amide bonds. The standard InChI is InChI=1S/C11H18O3/c1-5(12)8-6-4-7(11(8,2)3)10(14)9(6)13/h6-10,13-14H,4H2,1-3H3/t6-,7-,8?,9?,10?/m0/s1. The molecule has 0 radical (unpaired) electrons. The molecule has 0 aromatic rings. The third-order valence-electron chi connectivity index (χ3n) is 4.35. The van der Waals surface area contributed by atoms with Gasteiger partial charge in [0, 0.05) is 5.92 Å². The molecule has 3 heteroatoms. The quantitative estimate of drug-likeness (QED) is 0.648. The van der Waals surface area contributed by atoms with Crippen molar-refractivity contribution in [3.8, 4) is 0 Å². The highest BCUT2D eigenvalue weighted by molar-refractivity contribution is 5.80. The summed E-state index contributed by atoms with van der Waals surface area (Å²) in [6, 6.07) is 0. The van der Waals surface area contributed by atoms with Crippen molar-refractivity contribution in [2.75, 3.05) is 0 Å². The van der Waals surface area contributed by atoms with E-state index in [0.29, 0.717) is 0 Å². The van der Waals surface area contributed by atoms with Gasteiger partial charge in [-0.1, -0.05) is 13.8 Å². The molecule has 2 saturated carbocycles. The van der Waals surface area contributed by atoms with Crippen LogP contribution in [0.25, 0.3) is 0 Å². The Kier molecular flexibility index (Phi) is 2.02. The van der Waals surface area contributed by atoms with Gasteiger partial charge in [0.25, 0.3) is 0 Å². The van der Waals surface area contributed by atoms with E-state index in [1.165, 1.54) is 0 Å². The van der Waals surface area contributed by atoms with Gasteiger partial charge < -0.3 is 10.2 Å². The van der Waals surface area contributed by atoms with Gasteiger partial charge in [-0.2, -0.15) is 0 Å². The van der Waals surface area contributed by atoms with Crippen LogP contribution in [0.1, 0.15) is 27.2 Å². The monoisotopic (exact) mass is 198 g/mol. The zero-order valence-corrected chi connectivity index (χ0v) is 8.90. The first-order valence-corrected chi connectivity index (χ1v) is 5.24. The van der Waals surface area contributed by atoms with Crippen LogP contribution in [-0.2, 0) is 4.79 Å². The van der Waals surface area contributed by atoms with Gasteiger partial charge in [-0.25, -0.2) is 0 Å². The van der Waals surface area contributed by atoms with Crippen molar-refractivity contribution in [3.63, 3.8) is 0 Å². The first-order valence-electron chi connectivity index (χ1n) is 5.24. The Bertz CT molecular complexity index is 272. The molecule has 2 N–H and O–H groups in total. The summed E-state index contributed by atoms with van der Waals surface area (Å²) in [7, 11) is 0. The lowest BCUT2D eigenvalue weighted by molar-refractivity contribution is -0.136. The lowest BCUT2D eigenvalue weighted by Gasteiger charge is -2.41. The fraction of sp³-hybridized carbons (Fsp3) is 0.909. The van der Waals surface area contributed by atoms with E-state index in [1.54, 1.807) is 6.92 Å². The molecule has 2 aliphatic carbocycles. The van der Waals surface area contributed by atoms with E-state index < -0.39 is 12.2 Å². The molecular weight excluding hydrogens is 180 g/mol. The number of Topliss-reactive ketones (excluding diaryl/α,β-unsaturated/α-hetero) is 1. The van der Waals surface area contributed by atoms with E-state index in [9.17, 15) is 15.0 Å². The van der Waals surface area contributed by atoms with Gasteiger partial charge in [-0.15, -0.1) is 0 Å². The number of fused-ring (bicyclic) bond motifs is 2. The maximum Gasteiger partial charge on any atom is 0.133 e. The van der Waals surface area contributed by atoms with E-state index in [2.05, 4.69) is 0 Å². The average molecular weight is 198 g/mol. The molecule has 0 saturated heterocycles. The summed E-state index contributed by atoms with van der Waals surface area (Å²) in [4.78, 5) is 11.5. The smallest absolute Gasteiger partial charge is 0.133 e. The molecule has 3 nitrogen and oxygen atoms in total. The average Bonchev–Trinajstić information content (AvgIpc) is 2.46. The summed E-state index contributed by atoms with van der Waals surface area (Å²) in [5.74, 6) is 0.123. The highest BCUT2D eigenvalue weighted by Gasteiger charge is 2.62. The fourth-order valence-corrected chi connectivity index (χ4v) is 3.75. The third-order valence-corrected chi connectivity index (χ3v) is 4.35. The van der Waals surface area contributed by atoms with Crippen LogP contribution in [0.15, 0.2) is 0 Å². The summed E-state index contributed by atoms with van der Waals surface area (Å²) in [5.41, 5.74) is -0.158. The van der Waals surface area contributed by atoms with Gasteiger partial charge in [0.1, 0.15) is 5.78 Å². The van der Waals surface area contributed by atoms with Crippen LogP contribution in [-0.4, -0.2) is 28.2 Å². The maximum atomic E-state index is 11.5. The Hall–Kier alpha value is -0.410. The first-order chi connectivity index (χ1) is 6.37. The van der Waals surface area contributed by atoms with Gasteiger partial charge in [-0.3, -0.25) is 4.79 Å². The molecule has 80 valence electrons. The van der Waals surface area contributed by atoms with Crippen LogP contribution in [0.4, 0.5) is 0 Å². The van der Waals surface area contributed by atoms with Crippen molar-refractivity contribution >= 4 is 5.78 Å². The minimum atomic E-state index is -0.693. The second kappa shape index (κ2) is 2.80. The Morgan fingerprint density at radius 1 is 1.29 bits per heavy atom. The lowest BCUT2D eigenvalue weighted by Crippen LogP contribution is -2.48.